The number of Topliss-reactive ketones (excluding diaryl/α,β-unsaturated/α-hetero) is 1. The molecule has 0 bridgehead atoms. The van der Waals surface area contributed by atoms with Crippen LogP contribution in [0.25, 0.3) is 0 Å². The van der Waals surface area contributed by atoms with Crippen LogP contribution in [0.15, 0.2) is 66.6 Å². The lowest BCUT2D eigenvalue weighted by Crippen LogP contribution is -2.53. The third kappa shape index (κ3) is 6.12. The molecule has 42 heavy (non-hydrogen) atoms. The molecule has 4 atom stereocenters. The first-order chi connectivity index (χ1) is 20.1. The highest BCUT2D eigenvalue weighted by atomic mass is 16.7. The van der Waals surface area contributed by atoms with E-state index in [0.717, 1.165) is 11.3 Å². The van der Waals surface area contributed by atoms with Gasteiger partial charge in [-0.2, -0.15) is 0 Å². The minimum absolute atomic E-state index is 0.0550. The van der Waals surface area contributed by atoms with Crippen molar-refractivity contribution in [1.82, 2.24) is 15.1 Å². The van der Waals surface area contributed by atoms with Gasteiger partial charge in [0.25, 0.3) is 11.8 Å². The molecule has 2 aromatic rings. The quantitative estimate of drug-likeness (QED) is 0.491. The first-order valence-electron chi connectivity index (χ1n) is 14.4. The summed E-state index contributed by atoms with van der Waals surface area (Å²) in [6.07, 6.45) is 2.05. The highest BCUT2D eigenvalue weighted by molar-refractivity contribution is 6.02. The highest BCUT2D eigenvalue weighted by Crippen LogP contribution is 2.33. The third-order valence-electron chi connectivity index (χ3n) is 7.96. The average molecular weight is 575 g/mol. The molecule has 1 N–H and O–H groups in total. The van der Waals surface area contributed by atoms with Gasteiger partial charge in [0.05, 0.1) is 12.6 Å². The summed E-state index contributed by atoms with van der Waals surface area (Å²) in [5.41, 5.74) is 2.42. The zero-order valence-electron chi connectivity index (χ0n) is 24.5. The molecule has 0 spiro atoms. The molecule has 0 radical (unpaired) electrons. The van der Waals surface area contributed by atoms with Crippen LogP contribution in [0.4, 0.5) is 5.69 Å². The molecule has 3 amide bonds. The molecule has 2 aromatic carbocycles. The van der Waals surface area contributed by atoms with Crippen molar-refractivity contribution >= 4 is 29.2 Å². The number of anilines is 1. The van der Waals surface area contributed by atoms with Crippen molar-refractivity contribution in [2.45, 2.75) is 57.5 Å². The predicted molar refractivity (Wildman–Crippen MR) is 156 cm³/mol. The summed E-state index contributed by atoms with van der Waals surface area (Å²) in [4.78, 5) is 58.5. The summed E-state index contributed by atoms with van der Waals surface area (Å²) < 4.78 is 11.4. The molecule has 2 saturated heterocycles. The number of hydrogen-bond acceptors (Lipinski definition) is 7. The number of nitrogens with one attached hydrogen (secondary N) is 1. The van der Waals surface area contributed by atoms with E-state index in [0.29, 0.717) is 31.4 Å². The summed E-state index contributed by atoms with van der Waals surface area (Å²) in [5.74, 6) is -1.09. The third-order valence-corrected chi connectivity index (χ3v) is 7.96. The fourth-order valence-electron chi connectivity index (χ4n) is 5.86. The zero-order valence-corrected chi connectivity index (χ0v) is 24.5. The first kappa shape index (κ1) is 29.2. The average Bonchev–Trinajstić information content (AvgIpc) is 3.70. The SMILES string of the molecule is CC(C)C[C@H](NC(=O)c1ccc(N(C)C)cc1)C(=O)N1CCC2C1C(=O)CN2C(=O)C1=COC(Cc2ccccc2)O1. The Morgan fingerprint density at radius 1 is 1.02 bits per heavy atom. The Bertz CT molecular complexity index is 1360. The van der Waals surface area contributed by atoms with Gasteiger partial charge in [-0.1, -0.05) is 44.2 Å². The first-order valence-corrected chi connectivity index (χ1v) is 14.4. The molecule has 3 aliphatic rings. The smallest absolute Gasteiger partial charge is 0.293 e. The predicted octanol–water partition coefficient (Wildman–Crippen LogP) is 2.73. The van der Waals surface area contributed by atoms with E-state index in [1.165, 1.54) is 11.2 Å². The standard InChI is InChI=1S/C32H38N4O6/c1-20(2)16-24(33-30(38)22-10-12-23(13-11-22)34(3)4)31(39)35-15-14-25-29(35)26(37)18-36(25)32(40)27-19-41-28(42-27)17-21-8-6-5-7-9-21/h5-13,19-20,24-25,28-29H,14-18H2,1-4H3,(H,33,38)/t24-,25?,28?,29?/m0/s1. The van der Waals surface area contributed by atoms with Crippen LogP contribution < -0.4 is 10.2 Å². The minimum Gasteiger partial charge on any atom is -0.458 e. The maximum atomic E-state index is 13.8. The van der Waals surface area contributed by atoms with Crippen LogP contribution in [0.2, 0.25) is 0 Å². The Morgan fingerprint density at radius 3 is 2.40 bits per heavy atom. The van der Waals surface area contributed by atoms with Gasteiger partial charge in [-0.3, -0.25) is 19.2 Å². The van der Waals surface area contributed by atoms with E-state index in [4.69, 9.17) is 9.47 Å². The fraction of sp³-hybridized carbons (Fsp3) is 0.438. The van der Waals surface area contributed by atoms with E-state index in [1.54, 1.807) is 17.0 Å². The van der Waals surface area contributed by atoms with Gasteiger partial charge in [-0.05, 0) is 48.6 Å². The van der Waals surface area contributed by atoms with Crippen LogP contribution in [-0.2, 0) is 30.3 Å². The lowest BCUT2D eigenvalue weighted by molar-refractivity contribution is -0.138. The number of nitrogens with zero attached hydrogens (tertiary/aromatic N) is 3. The van der Waals surface area contributed by atoms with E-state index in [2.05, 4.69) is 5.32 Å². The Labute approximate surface area is 246 Å². The molecule has 2 fully saturated rings. The molecule has 0 aliphatic carbocycles. The second-order valence-corrected chi connectivity index (χ2v) is 11.7. The van der Waals surface area contributed by atoms with Crippen LogP contribution in [0.1, 0.15) is 42.6 Å². The van der Waals surface area contributed by atoms with Crippen LogP contribution in [0.5, 0.6) is 0 Å². The molecule has 10 nitrogen and oxygen atoms in total. The lowest BCUT2D eigenvalue weighted by Gasteiger charge is -2.29. The maximum absolute atomic E-state index is 13.8. The summed E-state index contributed by atoms with van der Waals surface area (Å²) in [7, 11) is 3.84. The largest absolute Gasteiger partial charge is 0.458 e. The van der Waals surface area contributed by atoms with Crippen molar-refractivity contribution in [3.05, 3.63) is 77.7 Å². The van der Waals surface area contributed by atoms with Crippen molar-refractivity contribution < 1.29 is 28.7 Å². The second-order valence-electron chi connectivity index (χ2n) is 11.7. The Balaban J connectivity index is 1.24. The second kappa shape index (κ2) is 12.3. The van der Waals surface area contributed by atoms with E-state index in [-0.39, 0.29) is 35.8 Å². The number of carbonyl (C=O) groups excluding carboxylic acids is 4. The molecule has 10 heteroatoms. The highest BCUT2D eigenvalue weighted by Gasteiger charge is 2.53. The van der Waals surface area contributed by atoms with Gasteiger partial charge >= 0.3 is 0 Å². The van der Waals surface area contributed by atoms with Crippen molar-refractivity contribution in [2.24, 2.45) is 5.92 Å². The van der Waals surface area contributed by atoms with E-state index < -0.39 is 30.3 Å². The molecule has 3 unspecified atom stereocenters. The number of rotatable bonds is 9. The van der Waals surface area contributed by atoms with E-state index >= 15 is 0 Å². The van der Waals surface area contributed by atoms with Gasteiger partial charge in [0.1, 0.15) is 18.3 Å². The Hall–Kier alpha value is -4.34. The zero-order chi connectivity index (χ0) is 30.0. The van der Waals surface area contributed by atoms with Crippen LogP contribution in [-0.4, -0.2) is 84.9 Å². The molecular formula is C32H38N4O6. The van der Waals surface area contributed by atoms with Crippen molar-refractivity contribution in [3.63, 3.8) is 0 Å². The van der Waals surface area contributed by atoms with Crippen molar-refractivity contribution in [3.8, 4) is 0 Å². The number of amides is 3. The normalized spacial score (nSPS) is 21.9. The van der Waals surface area contributed by atoms with Gasteiger partial charge in [0.15, 0.2) is 5.78 Å². The molecule has 222 valence electrons. The number of benzene rings is 2. The van der Waals surface area contributed by atoms with Crippen LogP contribution in [0, 0.1) is 5.92 Å². The van der Waals surface area contributed by atoms with Crippen LogP contribution >= 0.6 is 0 Å². The molecule has 5 rings (SSSR count). The summed E-state index contributed by atoms with van der Waals surface area (Å²) in [6, 6.07) is 14.8. The topological polar surface area (TPSA) is 108 Å². The minimum atomic E-state index is -0.796. The van der Waals surface area contributed by atoms with Crippen LogP contribution in [0.3, 0.4) is 0 Å². The monoisotopic (exact) mass is 574 g/mol. The van der Waals surface area contributed by atoms with Gasteiger partial charge in [0.2, 0.25) is 18.0 Å². The van der Waals surface area contributed by atoms with Crippen molar-refractivity contribution in [2.75, 3.05) is 32.1 Å². The van der Waals surface area contributed by atoms with Gasteiger partial charge in [-0.15, -0.1) is 0 Å². The van der Waals surface area contributed by atoms with Gasteiger partial charge in [-0.25, -0.2) is 0 Å². The summed E-state index contributed by atoms with van der Waals surface area (Å²) in [5, 5.41) is 2.91. The number of fused-ring (bicyclic) bond motifs is 1. The molecule has 0 saturated carbocycles. The number of ketones is 1. The summed E-state index contributed by atoms with van der Waals surface area (Å²) >= 11 is 0. The molecule has 3 aliphatic heterocycles. The molecular weight excluding hydrogens is 536 g/mol. The van der Waals surface area contributed by atoms with Gasteiger partial charge < -0.3 is 29.5 Å². The van der Waals surface area contributed by atoms with E-state index in [1.807, 2.05) is 75.3 Å². The van der Waals surface area contributed by atoms with Gasteiger partial charge in [0, 0.05) is 38.3 Å². The number of hydrogen-bond donors (Lipinski definition) is 1. The maximum Gasteiger partial charge on any atom is 0.293 e. The number of carbonyl (C=O) groups is 4. The Morgan fingerprint density at radius 2 is 1.74 bits per heavy atom. The number of likely N-dealkylation sites (tertiary alicyclic amines) is 2. The Kier molecular flexibility index (Phi) is 8.51. The molecule has 3 heterocycles. The van der Waals surface area contributed by atoms with E-state index in [9.17, 15) is 19.2 Å². The summed E-state index contributed by atoms with van der Waals surface area (Å²) in [6.45, 7) is 4.17. The fourth-order valence-corrected chi connectivity index (χ4v) is 5.86. The van der Waals surface area contributed by atoms with Crippen molar-refractivity contribution in [1.29, 1.82) is 0 Å². The number of ether oxygens (including phenoxy) is 2. The lowest BCUT2D eigenvalue weighted by atomic mass is 10.0. The molecule has 0 aromatic heterocycles.